The highest BCUT2D eigenvalue weighted by molar-refractivity contribution is 5.94. The summed E-state index contributed by atoms with van der Waals surface area (Å²) in [4.78, 5) is 17.4. The molecule has 160 valence electrons. The summed E-state index contributed by atoms with van der Waals surface area (Å²) in [6.45, 7) is 9.83. The molecule has 2 aromatic carbocycles. The summed E-state index contributed by atoms with van der Waals surface area (Å²) >= 11 is 0. The van der Waals surface area contributed by atoms with Crippen molar-refractivity contribution in [1.82, 2.24) is 15.1 Å². The zero-order valence-electron chi connectivity index (χ0n) is 17.9. The summed E-state index contributed by atoms with van der Waals surface area (Å²) < 4.78 is 10.9. The molecule has 0 aliphatic carbocycles. The molecule has 1 saturated heterocycles. The highest BCUT2D eigenvalue weighted by Crippen LogP contribution is 2.28. The van der Waals surface area contributed by atoms with E-state index in [1.807, 2.05) is 6.07 Å². The molecule has 0 unspecified atom stereocenters. The summed E-state index contributed by atoms with van der Waals surface area (Å²) in [5.74, 6) is 0.970. The van der Waals surface area contributed by atoms with E-state index in [2.05, 4.69) is 46.9 Å². The lowest BCUT2D eigenvalue weighted by Crippen LogP contribution is -2.43. The van der Waals surface area contributed by atoms with Gasteiger partial charge in [-0.3, -0.25) is 9.69 Å². The number of methoxy groups -OCH3 is 1. The first-order valence-electron chi connectivity index (χ1n) is 10.3. The predicted octanol–water partition coefficient (Wildman–Crippen LogP) is 2.94. The van der Waals surface area contributed by atoms with Crippen LogP contribution in [0, 0.1) is 0 Å². The van der Waals surface area contributed by atoms with Gasteiger partial charge in [0.1, 0.15) is 6.61 Å². The van der Waals surface area contributed by atoms with Crippen LogP contribution in [-0.4, -0.2) is 62.7 Å². The molecule has 0 aromatic heterocycles. The number of rotatable bonds is 9. The highest BCUT2D eigenvalue weighted by atomic mass is 16.5. The Hall–Kier alpha value is -2.83. The van der Waals surface area contributed by atoms with Crippen molar-refractivity contribution in [3.8, 4) is 11.5 Å². The number of hydrogen-bond acceptors (Lipinski definition) is 5. The average Bonchev–Trinajstić information content (AvgIpc) is 2.77. The second-order valence-corrected chi connectivity index (χ2v) is 7.55. The maximum absolute atomic E-state index is 12.6. The van der Waals surface area contributed by atoms with E-state index < -0.39 is 0 Å². The van der Waals surface area contributed by atoms with Crippen LogP contribution in [0.1, 0.15) is 21.5 Å². The molecule has 0 bridgehead atoms. The molecule has 30 heavy (non-hydrogen) atoms. The molecular weight excluding hydrogens is 378 g/mol. The van der Waals surface area contributed by atoms with Gasteiger partial charge < -0.3 is 19.7 Å². The van der Waals surface area contributed by atoms with Gasteiger partial charge in [0.25, 0.3) is 5.91 Å². The number of benzene rings is 2. The fourth-order valence-corrected chi connectivity index (χ4v) is 3.46. The van der Waals surface area contributed by atoms with Crippen LogP contribution in [0.4, 0.5) is 0 Å². The maximum atomic E-state index is 12.6. The first kappa shape index (κ1) is 21.9. The summed E-state index contributed by atoms with van der Waals surface area (Å²) in [6, 6.07) is 13.6. The van der Waals surface area contributed by atoms with E-state index in [9.17, 15) is 4.79 Å². The average molecular weight is 410 g/mol. The number of piperazine rings is 1. The SMILES string of the molecule is C=CCOc1ccc(C(=O)NCc2cccc(CN3CCN(C)CC3)c2)cc1OC. The highest BCUT2D eigenvalue weighted by Gasteiger charge is 2.14. The number of nitrogens with one attached hydrogen (secondary N) is 1. The van der Waals surface area contributed by atoms with Gasteiger partial charge in [0.2, 0.25) is 0 Å². The van der Waals surface area contributed by atoms with Crippen LogP contribution < -0.4 is 14.8 Å². The van der Waals surface area contributed by atoms with Crippen molar-refractivity contribution < 1.29 is 14.3 Å². The minimum Gasteiger partial charge on any atom is -0.493 e. The lowest BCUT2D eigenvalue weighted by atomic mass is 10.1. The van der Waals surface area contributed by atoms with Crippen molar-refractivity contribution in [2.45, 2.75) is 13.1 Å². The Bertz CT molecular complexity index is 861. The Labute approximate surface area is 179 Å². The van der Waals surface area contributed by atoms with E-state index in [4.69, 9.17) is 9.47 Å². The molecule has 0 atom stereocenters. The Kier molecular flexibility index (Phi) is 7.88. The van der Waals surface area contributed by atoms with E-state index in [0.29, 0.717) is 30.2 Å². The second-order valence-electron chi connectivity index (χ2n) is 7.55. The molecule has 2 aromatic rings. The third-order valence-corrected chi connectivity index (χ3v) is 5.23. The lowest BCUT2D eigenvalue weighted by molar-refractivity contribution is 0.0950. The summed E-state index contributed by atoms with van der Waals surface area (Å²) in [5.41, 5.74) is 2.90. The molecule has 0 saturated carbocycles. The standard InChI is InChI=1S/C24H31N3O3/c1-4-14-30-22-9-8-21(16-23(22)29-3)24(28)25-17-19-6-5-7-20(15-19)18-27-12-10-26(2)11-13-27/h4-9,15-16H,1,10-14,17-18H2,2-3H3,(H,25,28). The monoisotopic (exact) mass is 409 g/mol. The largest absolute Gasteiger partial charge is 0.493 e. The molecule has 1 aliphatic heterocycles. The number of ether oxygens (including phenoxy) is 2. The van der Waals surface area contributed by atoms with Gasteiger partial charge >= 0.3 is 0 Å². The van der Waals surface area contributed by atoms with Crippen molar-refractivity contribution in [1.29, 1.82) is 0 Å². The quantitative estimate of drug-likeness (QED) is 0.646. The molecule has 1 heterocycles. The summed E-state index contributed by atoms with van der Waals surface area (Å²) in [5, 5.41) is 2.99. The zero-order chi connectivity index (χ0) is 21.3. The summed E-state index contributed by atoms with van der Waals surface area (Å²) in [7, 11) is 3.72. The number of carbonyl (C=O) groups is 1. The molecule has 6 heteroatoms. The van der Waals surface area contributed by atoms with Gasteiger partial charge in [-0.1, -0.05) is 36.9 Å². The van der Waals surface area contributed by atoms with E-state index in [1.54, 1.807) is 31.4 Å². The van der Waals surface area contributed by atoms with Crippen molar-refractivity contribution in [3.63, 3.8) is 0 Å². The van der Waals surface area contributed by atoms with Crippen LogP contribution >= 0.6 is 0 Å². The van der Waals surface area contributed by atoms with Gasteiger partial charge in [0.05, 0.1) is 7.11 Å². The molecule has 3 rings (SSSR count). The number of carbonyl (C=O) groups excluding carboxylic acids is 1. The van der Waals surface area contributed by atoms with Gasteiger partial charge in [-0.15, -0.1) is 0 Å². The first-order chi connectivity index (χ1) is 14.6. The Morgan fingerprint density at radius 1 is 1.10 bits per heavy atom. The Morgan fingerprint density at radius 3 is 2.60 bits per heavy atom. The predicted molar refractivity (Wildman–Crippen MR) is 119 cm³/mol. The number of hydrogen-bond donors (Lipinski definition) is 1. The van der Waals surface area contributed by atoms with Gasteiger partial charge in [0, 0.05) is 44.8 Å². The van der Waals surface area contributed by atoms with Crippen LogP contribution in [0.15, 0.2) is 55.1 Å². The smallest absolute Gasteiger partial charge is 0.251 e. The third kappa shape index (κ3) is 6.08. The van der Waals surface area contributed by atoms with Gasteiger partial charge in [0.15, 0.2) is 11.5 Å². The van der Waals surface area contributed by atoms with Crippen LogP contribution in [0.25, 0.3) is 0 Å². The molecule has 0 radical (unpaired) electrons. The van der Waals surface area contributed by atoms with E-state index in [-0.39, 0.29) is 5.91 Å². The van der Waals surface area contributed by atoms with Crippen molar-refractivity contribution in [2.75, 3.05) is 46.9 Å². The molecule has 0 spiro atoms. The minimum atomic E-state index is -0.145. The number of amides is 1. The first-order valence-corrected chi connectivity index (χ1v) is 10.3. The Balaban J connectivity index is 1.57. The minimum absolute atomic E-state index is 0.145. The van der Waals surface area contributed by atoms with Gasteiger partial charge in [-0.25, -0.2) is 0 Å². The molecule has 1 fully saturated rings. The van der Waals surface area contributed by atoms with Gasteiger partial charge in [-0.05, 0) is 36.4 Å². The zero-order valence-corrected chi connectivity index (χ0v) is 17.9. The topological polar surface area (TPSA) is 54.0 Å². The second kappa shape index (κ2) is 10.8. The Morgan fingerprint density at radius 2 is 1.87 bits per heavy atom. The molecule has 6 nitrogen and oxygen atoms in total. The van der Waals surface area contributed by atoms with Crippen molar-refractivity contribution in [2.24, 2.45) is 0 Å². The molecule has 1 N–H and O–H groups in total. The number of likely N-dealkylation sites (N-methyl/N-ethyl adjacent to an activating group) is 1. The van der Waals surface area contributed by atoms with Crippen molar-refractivity contribution >= 4 is 5.91 Å². The normalized spacial score (nSPS) is 14.9. The fraction of sp³-hybridized carbons (Fsp3) is 0.375. The van der Waals surface area contributed by atoms with Crippen molar-refractivity contribution in [3.05, 3.63) is 71.8 Å². The molecule has 1 aliphatic rings. The van der Waals surface area contributed by atoms with Gasteiger partial charge in [-0.2, -0.15) is 0 Å². The fourth-order valence-electron chi connectivity index (χ4n) is 3.46. The molecule has 1 amide bonds. The van der Waals surface area contributed by atoms with E-state index >= 15 is 0 Å². The number of nitrogens with zero attached hydrogens (tertiary/aromatic N) is 2. The van der Waals surface area contributed by atoms with Crippen LogP contribution in [-0.2, 0) is 13.1 Å². The molecular formula is C24H31N3O3. The lowest BCUT2D eigenvalue weighted by Gasteiger charge is -2.32. The van der Waals surface area contributed by atoms with E-state index in [1.165, 1.54) is 5.56 Å². The summed E-state index contributed by atoms with van der Waals surface area (Å²) in [6.07, 6.45) is 1.66. The van der Waals surface area contributed by atoms with Crippen LogP contribution in [0.3, 0.4) is 0 Å². The van der Waals surface area contributed by atoms with Crippen LogP contribution in [0.2, 0.25) is 0 Å². The third-order valence-electron chi connectivity index (χ3n) is 5.23. The van der Waals surface area contributed by atoms with E-state index in [0.717, 1.165) is 38.3 Å². The maximum Gasteiger partial charge on any atom is 0.251 e. The van der Waals surface area contributed by atoms with Crippen LogP contribution in [0.5, 0.6) is 11.5 Å².